The molecule has 6 nitrogen and oxygen atoms in total. The molecule has 0 saturated heterocycles. The average molecular weight is 270 g/mol. The molecule has 0 radical (unpaired) electrons. The summed E-state index contributed by atoms with van der Waals surface area (Å²) in [6, 6.07) is 0. The third-order valence-corrected chi connectivity index (χ3v) is 5.10. The van der Waals surface area contributed by atoms with Crippen LogP contribution in [-0.4, -0.2) is 40.8 Å². The van der Waals surface area contributed by atoms with Gasteiger partial charge in [0.15, 0.2) is 0 Å². The lowest BCUT2D eigenvalue weighted by Crippen LogP contribution is -1.94. The number of hydrogen-bond acceptors (Lipinski definition) is 6. The highest BCUT2D eigenvalue weighted by molar-refractivity contribution is 7.54. The third-order valence-electron chi connectivity index (χ3n) is 1.78. The van der Waals surface area contributed by atoms with Crippen LogP contribution in [0.2, 0.25) is 0 Å². The van der Waals surface area contributed by atoms with Crippen molar-refractivity contribution < 1.29 is 27.2 Å². The quantitative estimate of drug-likeness (QED) is 0.542. The zero-order valence-corrected chi connectivity index (χ0v) is 11.5. The minimum absolute atomic E-state index is 0.0621. The van der Waals surface area contributed by atoms with Gasteiger partial charge in [0.25, 0.3) is 0 Å². The fraction of sp³-hybridized carbons (Fsp3) is 0.750. The van der Waals surface area contributed by atoms with Crippen LogP contribution in [-0.2, 0) is 27.2 Å². The summed E-state index contributed by atoms with van der Waals surface area (Å²) < 4.78 is 41.8. The summed E-state index contributed by atoms with van der Waals surface area (Å²) in [6.07, 6.45) is -0.124. The standard InChI is InChI=1S/C8H16O6P2/c1-11-15(9,12-2)7-5-6-8-16(10,13-3)14-4/h7-8H2,1-4H3. The number of rotatable bonds is 6. The maximum atomic E-state index is 11.5. The van der Waals surface area contributed by atoms with Gasteiger partial charge < -0.3 is 18.1 Å². The van der Waals surface area contributed by atoms with E-state index in [4.69, 9.17) is 0 Å². The topological polar surface area (TPSA) is 71.1 Å². The van der Waals surface area contributed by atoms with Crippen LogP contribution >= 0.6 is 15.2 Å². The van der Waals surface area contributed by atoms with E-state index in [2.05, 4.69) is 29.9 Å². The Labute approximate surface area is 95.7 Å². The lowest BCUT2D eigenvalue weighted by Gasteiger charge is -2.10. The molecule has 0 fully saturated rings. The molecule has 0 aromatic heterocycles. The first-order valence-corrected chi connectivity index (χ1v) is 7.77. The minimum Gasteiger partial charge on any atom is -0.311 e. The van der Waals surface area contributed by atoms with Crippen molar-refractivity contribution in [3.05, 3.63) is 0 Å². The molecule has 0 saturated carbocycles. The van der Waals surface area contributed by atoms with Crippen LogP contribution in [0.1, 0.15) is 0 Å². The predicted molar refractivity (Wildman–Crippen MR) is 60.8 cm³/mol. The Kier molecular flexibility index (Phi) is 7.17. The van der Waals surface area contributed by atoms with Crippen molar-refractivity contribution >= 4 is 15.2 Å². The molecule has 0 aliphatic rings. The summed E-state index contributed by atoms with van der Waals surface area (Å²) in [6.45, 7) is 0. The van der Waals surface area contributed by atoms with Gasteiger partial charge in [-0.1, -0.05) is 11.8 Å². The monoisotopic (exact) mass is 270 g/mol. The van der Waals surface area contributed by atoms with E-state index >= 15 is 0 Å². The van der Waals surface area contributed by atoms with Gasteiger partial charge in [-0.25, -0.2) is 0 Å². The Morgan fingerprint density at radius 3 is 1.19 bits per heavy atom. The van der Waals surface area contributed by atoms with E-state index in [0.717, 1.165) is 0 Å². The van der Waals surface area contributed by atoms with Crippen molar-refractivity contribution in [3.8, 4) is 11.8 Å². The molecular weight excluding hydrogens is 254 g/mol. The minimum atomic E-state index is -3.12. The molecule has 0 aliphatic carbocycles. The third kappa shape index (κ3) is 5.27. The first kappa shape index (κ1) is 15.9. The highest BCUT2D eigenvalue weighted by Crippen LogP contribution is 2.46. The van der Waals surface area contributed by atoms with E-state index in [9.17, 15) is 9.13 Å². The van der Waals surface area contributed by atoms with Crippen LogP contribution in [0.25, 0.3) is 0 Å². The van der Waals surface area contributed by atoms with Gasteiger partial charge in [0, 0.05) is 28.4 Å². The van der Waals surface area contributed by atoms with Crippen LogP contribution < -0.4 is 0 Å². The molecule has 94 valence electrons. The smallest absolute Gasteiger partial charge is 0.311 e. The SMILES string of the molecule is COP(=O)(CC#CCP(=O)(OC)OC)OC. The Bertz CT molecular complexity index is 307. The van der Waals surface area contributed by atoms with Crippen molar-refractivity contribution in [1.82, 2.24) is 0 Å². The first-order chi connectivity index (χ1) is 7.45. The Hall–Kier alpha value is -0.140. The molecule has 0 bridgehead atoms. The molecule has 0 unspecified atom stereocenters. The van der Waals surface area contributed by atoms with E-state index in [1.54, 1.807) is 0 Å². The summed E-state index contributed by atoms with van der Waals surface area (Å²) in [7, 11) is -1.13. The second kappa shape index (κ2) is 7.24. The molecule has 8 heteroatoms. The van der Waals surface area contributed by atoms with Crippen molar-refractivity contribution in [1.29, 1.82) is 0 Å². The first-order valence-electron chi connectivity index (χ1n) is 4.32. The van der Waals surface area contributed by atoms with Crippen molar-refractivity contribution in [2.75, 3.05) is 40.8 Å². The molecule has 0 N–H and O–H groups in total. The van der Waals surface area contributed by atoms with Crippen LogP contribution in [0.15, 0.2) is 0 Å². The number of hydrogen-bond donors (Lipinski definition) is 0. The Balaban J connectivity index is 4.34. The maximum absolute atomic E-state index is 11.5. The van der Waals surface area contributed by atoms with E-state index < -0.39 is 15.2 Å². The van der Waals surface area contributed by atoms with Crippen molar-refractivity contribution in [2.24, 2.45) is 0 Å². The van der Waals surface area contributed by atoms with Gasteiger partial charge in [-0.3, -0.25) is 9.13 Å². The molecular formula is C8H16O6P2. The second-order valence-electron chi connectivity index (χ2n) is 2.62. The maximum Gasteiger partial charge on any atom is 0.341 e. The fourth-order valence-electron chi connectivity index (χ4n) is 0.713. The zero-order chi connectivity index (χ0) is 12.7. The van der Waals surface area contributed by atoms with E-state index in [1.807, 2.05) is 0 Å². The fourth-order valence-corrected chi connectivity index (χ4v) is 2.14. The summed E-state index contributed by atoms with van der Waals surface area (Å²) in [4.78, 5) is 0. The molecule has 0 aromatic carbocycles. The lowest BCUT2D eigenvalue weighted by atomic mass is 10.7. The lowest BCUT2D eigenvalue weighted by molar-refractivity contribution is 0.278. The van der Waals surface area contributed by atoms with Crippen LogP contribution in [0.5, 0.6) is 0 Å². The molecule has 0 aliphatic heterocycles. The van der Waals surface area contributed by atoms with E-state index in [0.29, 0.717) is 0 Å². The highest BCUT2D eigenvalue weighted by atomic mass is 31.2. The molecule has 0 atom stereocenters. The van der Waals surface area contributed by atoms with Gasteiger partial charge in [-0.05, 0) is 0 Å². The molecule has 0 aromatic rings. The molecule has 0 heterocycles. The highest BCUT2D eigenvalue weighted by Gasteiger charge is 2.20. The average Bonchev–Trinajstić information content (AvgIpc) is 2.34. The van der Waals surface area contributed by atoms with Gasteiger partial charge in [-0.2, -0.15) is 0 Å². The van der Waals surface area contributed by atoms with Crippen LogP contribution in [0.4, 0.5) is 0 Å². The summed E-state index contributed by atoms with van der Waals surface area (Å²) in [5, 5.41) is 0. The molecule has 0 spiro atoms. The van der Waals surface area contributed by atoms with Crippen molar-refractivity contribution in [2.45, 2.75) is 0 Å². The van der Waals surface area contributed by atoms with Gasteiger partial charge in [0.2, 0.25) is 0 Å². The van der Waals surface area contributed by atoms with Crippen LogP contribution in [0, 0.1) is 11.8 Å². The zero-order valence-electron chi connectivity index (χ0n) is 9.76. The molecule has 0 rings (SSSR count). The Morgan fingerprint density at radius 2 is 1.00 bits per heavy atom. The summed E-state index contributed by atoms with van der Waals surface area (Å²) in [5.41, 5.74) is 0. The van der Waals surface area contributed by atoms with Crippen molar-refractivity contribution in [3.63, 3.8) is 0 Å². The predicted octanol–water partition coefficient (Wildman–Crippen LogP) is 1.96. The van der Waals surface area contributed by atoms with Gasteiger partial charge >= 0.3 is 15.2 Å². The summed E-state index contributed by atoms with van der Waals surface area (Å²) >= 11 is 0. The Morgan fingerprint density at radius 1 is 0.750 bits per heavy atom. The van der Waals surface area contributed by atoms with Crippen LogP contribution in [0.3, 0.4) is 0 Å². The normalized spacial score (nSPS) is 12.0. The van der Waals surface area contributed by atoms with E-state index in [1.165, 1.54) is 28.4 Å². The molecule has 0 amide bonds. The second-order valence-corrected chi connectivity index (χ2v) is 7.16. The summed E-state index contributed by atoms with van der Waals surface area (Å²) in [5.74, 6) is 5.11. The van der Waals surface area contributed by atoms with Gasteiger partial charge in [0.05, 0.1) is 0 Å². The van der Waals surface area contributed by atoms with Gasteiger partial charge in [-0.15, -0.1) is 0 Å². The molecule has 16 heavy (non-hydrogen) atoms. The van der Waals surface area contributed by atoms with Gasteiger partial charge in [0.1, 0.15) is 12.3 Å². The van der Waals surface area contributed by atoms with E-state index in [-0.39, 0.29) is 12.3 Å². The largest absolute Gasteiger partial charge is 0.341 e.